The van der Waals surface area contributed by atoms with E-state index in [-0.39, 0.29) is 0 Å². The molecule has 4 nitrogen and oxygen atoms in total. The van der Waals surface area contributed by atoms with Crippen LogP contribution in [0.15, 0.2) is 34.1 Å². The fourth-order valence-corrected chi connectivity index (χ4v) is 3.55. The number of nitrogens with one attached hydrogen (secondary N) is 1. The Balaban J connectivity index is 1.59. The maximum absolute atomic E-state index is 5.61. The van der Waals surface area contributed by atoms with Gasteiger partial charge in [-0.25, -0.2) is 0 Å². The summed E-state index contributed by atoms with van der Waals surface area (Å²) in [7, 11) is 0. The van der Waals surface area contributed by atoms with Crippen molar-refractivity contribution in [2.24, 2.45) is 0 Å². The highest BCUT2D eigenvalue weighted by Gasteiger charge is 2.23. The maximum atomic E-state index is 5.61. The largest absolute Gasteiger partial charge is 0.465 e. The molecule has 1 fully saturated rings. The number of thiophene rings is 1. The Bertz CT molecular complexity index is 532. The molecule has 1 aliphatic rings. The van der Waals surface area contributed by atoms with Crippen molar-refractivity contribution in [1.82, 2.24) is 10.2 Å². The fraction of sp³-hybridized carbons (Fsp3) is 0.500. The first-order chi connectivity index (χ1) is 10.3. The molecule has 2 aromatic heterocycles. The van der Waals surface area contributed by atoms with Gasteiger partial charge in [-0.2, -0.15) is 0 Å². The average molecular weight is 306 g/mol. The van der Waals surface area contributed by atoms with Crippen LogP contribution in [0.1, 0.15) is 22.4 Å². The quantitative estimate of drug-likeness (QED) is 0.890. The van der Waals surface area contributed by atoms with Crippen molar-refractivity contribution >= 4 is 11.3 Å². The normalized spacial score (nSPS) is 18.0. The zero-order chi connectivity index (χ0) is 14.5. The molecule has 3 rings (SSSR count). The Morgan fingerprint density at radius 1 is 1.29 bits per heavy atom. The van der Waals surface area contributed by atoms with Gasteiger partial charge in [-0.1, -0.05) is 6.07 Å². The van der Waals surface area contributed by atoms with Gasteiger partial charge in [0.25, 0.3) is 0 Å². The molecule has 1 saturated heterocycles. The second-order valence-corrected chi connectivity index (χ2v) is 6.30. The Morgan fingerprint density at radius 2 is 2.14 bits per heavy atom. The van der Waals surface area contributed by atoms with E-state index in [2.05, 4.69) is 27.7 Å². The van der Waals surface area contributed by atoms with Crippen molar-refractivity contribution in [3.8, 4) is 0 Å². The summed E-state index contributed by atoms with van der Waals surface area (Å²) in [4.78, 5) is 3.93. The summed E-state index contributed by atoms with van der Waals surface area (Å²) in [6.07, 6.45) is 0. The predicted molar refractivity (Wildman–Crippen MR) is 84.6 cm³/mol. The van der Waals surface area contributed by atoms with Crippen LogP contribution >= 0.6 is 11.3 Å². The van der Waals surface area contributed by atoms with E-state index in [0.29, 0.717) is 6.04 Å². The molecule has 114 valence electrons. The van der Waals surface area contributed by atoms with Crippen LogP contribution in [0.25, 0.3) is 0 Å². The summed E-state index contributed by atoms with van der Waals surface area (Å²) in [5, 5.41) is 5.68. The summed E-state index contributed by atoms with van der Waals surface area (Å²) in [5.74, 6) is 1.97. The van der Waals surface area contributed by atoms with E-state index in [1.165, 1.54) is 4.88 Å². The van der Waals surface area contributed by atoms with Crippen molar-refractivity contribution in [3.05, 3.63) is 46.0 Å². The van der Waals surface area contributed by atoms with Crippen LogP contribution in [-0.4, -0.2) is 37.7 Å². The summed E-state index contributed by atoms with van der Waals surface area (Å²) in [6.45, 7) is 7.36. The third-order valence-corrected chi connectivity index (χ3v) is 4.76. The molecule has 0 aromatic carbocycles. The molecule has 0 saturated carbocycles. The van der Waals surface area contributed by atoms with Crippen LogP contribution in [0.5, 0.6) is 0 Å². The van der Waals surface area contributed by atoms with E-state index in [4.69, 9.17) is 9.15 Å². The summed E-state index contributed by atoms with van der Waals surface area (Å²) < 4.78 is 11.1. The van der Waals surface area contributed by atoms with E-state index in [1.807, 2.05) is 30.4 Å². The van der Waals surface area contributed by atoms with Crippen molar-refractivity contribution in [3.63, 3.8) is 0 Å². The number of furan rings is 1. The van der Waals surface area contributed by atoms with Gasteiger partial charge in [0, 0.05) is 24.5 Å². The first kappa shape index (κ1) is 14.8. The lowest BCUT2D eigenvalue weighted by atomic mass is 10.2. The van der Waals surface area contributed by atoms with Crippen LogP contribution in [0.3, 0.4) is 0 Å². The molecule has 1 atom stereocenters. The molecule has 2 aromatic rings. The number of aryl methyl sites for hydroxylation is 1. The van der Waals surface area contributed by atoms with Crippen molar-refractivity contribution < 1.29 is 9.15 Å². The molecule has 5 heteroatoms. The Kier molecular flexibility index (Phi) is 5.08. The van der Waals surface area contributed by atoms with Gasteiger partial charge in [-0.15, -0.1) is 11.3 Å². The van der Waals surface area contributed by atoms with Gasteiger partial charge in [0.05, 0.1) is 25.8 Å². The Labute approximate surface area is 129 Å². The lowest BCUT2D eigenvalue weighted by Gasteiger charge is -2.34. The standard InChI is InChI=1S/C16H22N2O2S/c1-13-4-5-14(20-13)11-17-12-15(16-3-2-10-21-16)18-6-8-19-9-7-18/h2-5,10,15,17H,6-9,11-12H2,1H3. The third-order valence-electron chi connectivity index (χ3n) is 3.79. The molecular formula is C16H22N2O2S. The second kappa shape index (κ2) is 7.22. The molecule has 1 unspecified atom stereocenters. The minimum atomic E-state index is 0.421. The van der Waals surface area contributed by atoms with E-state index in [9.17, 15) is 0 Å². The molecule has 0 spiro atoms. The van der Waals surface area contributed by atoms with Gasteiger partial charge in [0.1, 0.15) is 11.5 Å². The number of nitrogens with zero attached hydrogens (tertiary/aromatic N) is 1. The predicted octanol–water partition coefficient (Wildman–Crippen LogP) is 2.81. The van der Waals surface area contributed by atoms with Crippen LogP contribution in [0, 0.1) is 6.92 Å². The second-order valence-electron chi connectivity index (χ2n) is 5.32. The van der Waals surface area contributed by atoms with E-state index < -0.39 is 0 Å². The first-order valence-electron chi connectivity index (χ1n) is 7.44. The molecule has 3 heterocycles. The van der Waals surface area contributed by atoms with Crippen LogP contribution in [0.4, 0.5) is 0 Å². The lowest BCUT2D eigenvalue weighted by molar-refractivity contribution is 0.0167. The summed E-state index contributed by atoms with van der Waals surface area (Å²) in [5.41, 5.74) is 0. The fourth-order valence-electron chi connectivity index (χ4n) is 2.69. The molecule has 0 radical (unpaired) electrons. The van der Waals surface area contributed by atoms with Crippen molar-refractivity contribution in [1.29, 1.82) is 0 Å². The molecular weight excluding hydrogens is 284 g/mol. The summed E-state index contributed by atoms with van der Waals surface area (Å²) >= 11 is 1.83. The number of rotatable bonds is 6. The highest BCUT2D eigenvalue weighted by molar-refractivity contribution is 7.10. The minimum Gasteiger partial charge on any atom is -0.465 e. The molecule has 0 aliphatic carbocycles. The van der Waals surface area contributed by atoms with Gasteiger partial charge in [0.2, 0.25) is 0 Å². The SMILES string of the molecule is Cc1ccc(CNCC(c2cccs2)N2CCOCC2)o1. The first-order valence-corrected chi connectivity index (χ1v) is 8.32. The van der Waals surface area contributed by atoms with E-state index >= 15 is 0 Å². The number of morpholine rings is 1. The highest BCUT2D eigenvalue weighted by atomic mass is 32.1. The molecule has 0 amide bonds. The molecule has 1 aliphatic heterocycles. The van der Waals surface area contributed by atoms with Gasteiger partial charge in [-0.05, 0) is 30.5 Å². The zero-order valence-corrected chi connectivity index (χ0v) is 13.2. The average Bonchev–Trinajstić information content (AvgIpc) is 3.16. The topological polar surface area (TPSA) is 37.6 Å². The van der Waals surface area contributed by atoms with Crippen molar-refractivity contribution in [2.45, 2.75) is 19.5 Å². The van der Waals surface area contributed by atoms with E-state index in [1.54, 1.807) is 0 Å². The smallest absolute Gasteiger partial charge is 0.117 e. The monoisotopic (exact) mass is 306 g/mol. The summed E-state index contributed by atoms with van der Waals surface area (Å²) in [6, 6.07) is 8.82. The maximum Gasteiger partial charge on any atom is 0.117 e. The molecule has 21 heavy (non-hydrogen) atoms. The van der Waals surface area contributed by atoms with E-state index in [0.717, 1.165) is 50.9 Å². The molecule has 1 N–H and O–H groups in total. The Hall–Kier alpha value is -1.14. The minimum absolute atomic E-state index is 0.421. The van der Waals surface area contributed by atoms with Gasteiger partial charge >= 0.3 is 0 Å². The third kappa shape index (κ3) is 3.95. The number of hydrogen-bond donors (Lipinski definition) is 1. The van der Waals surface area contributed by atoms with Crippen LogP contribution < -0.4 is 5.32 Å². The van der Waals surface area contributed by atoms with Crippen LogP contribution in [-0.2, 0) is 11.3 Å². The van der Waals surface area contributed by atoms with Gasteiger partial charge < -0.3 is 14.5 Å². The van der Waals surface area contributed by atoms with Gasteiger partial charge in [0.15, 0.2) is 0 Å². The van der Waals surface area contributed by atoms with Crippen LogP contribution in [0.2, 0.25) is 0 Å². The van der Waals surface area contributed by atoms with Crippen molar-refractivity contribution in [2.75, 3.05) is 32.8 Å². The Morgan fingerprint density at radius 3 is 2.81 bits per heavy atom. The molecule has 0 bridgehead atoms. The number of ether oxygens (including phenoxy) is 1. The number of hydrogen-bond acceptors (Lipinski definition) is 5. The highest BCUT2D eigenvalue weighted by Crippen LogP contribution is 2.25. The zero-order valence-electron chi connectivity index (χ0n) is 12.4. The van der Waals surface area contributed by atoms with Gasteiger partial charge in [-0.3, -0.25) is 4.90 Å². The lowest BCUT2D eigenvalue weighted by Crippen LogP contribution is -2.42.